The number of hydrogen-bond acceptors (Lipinski definition) is 0. The minimum absolute atomic E-state index is 0.0360. The molecule has 111 valence electrons. The molecule has 0 unspecified atom stereocenters. The lowest BCUT2D eigenvalue weighted by molar-refractivity contribution is 0.526. The van der Waals surface area contributed by atoms with Crippen molar-refractivity contribution in [2.75, 3.05) is 0 Å². The van der Waals surface area contributed by atoms with Crippen LogP contribution in [0.25, 0.3) is 0 Å². The van der Waals surface area contributed by atoms with Crippen LogP contribution in [-0.4, -0.2) is 0 Å². The highest BCUT2D eigenvalue weighted by molar-refractivity contribution is 5.40. The van der Waals surface area contributed by atoms with Gasteiger partial charge in [0.2, 0.25) is 0 Å². The van der Waals surface area contributed by atoms with Gasteiger partial charge in [-0.1, -0.05) is 58.0 Å². The van der Waals surface area contributed by atoms with Crippen molar-refractivity contribution in [2.24, 2.45) is 0 Å². The van der Waals surface area contributed by atoms with Crippen LogP contribution in [0, 0.1) is 17.7 Å². The zero-order valence-electron chi connectivity index (χ0n) is 13.0. The van der Waals surface area contributed by atoms with E-state index in [1.807, 2.05) is 44.2 Å². The summed E-state index contributed by atoms with van der Waals surface area (Å²) in [6.45, 7) is 7.48. The van der Waals surface area contributed by atoms with Crippen LogP contribution in [0.1, 0.15) is 61.8 Å². The van der Waals surface area contributed by atoms with Crippen LogP contribution in [0.3, 0.4) is 0 Å². The lowest BCUT2D eigenvalue weighted by Crippen LogP contribution is -2.09. The van der Waals surface area contributed by atoms with E-state index in [0.29, 0.717) is 17.5 Å². The van der Waals surface area contributed by atoms with E-state index in [0.717, 1.165) is 5.56 Å². The van der Waals surface area contributed by atoms with Crippen LogP contribution in [0.15, 0.2) is 30.3 Å². The van der Waals surface area contributed by atoms with Gasteiger partial charge in [-0.05, 0) is 28.5 Å². The third-order valence-electron chi connectivity index (χ3n) is 3.69. The predicted molar refractivity (Wildman–Crippen MR) is 82.6 cm³/mol. The summed E-state index contributed by atoms with van der Waals surface area (Å²) < 4.78 is 29.0. The van der Waals surface area contributed by atoms with Gasteiger partial charge in [-0.25, -0.2) is 8.78 Å². The first-order valence-electron chi connectivity index (χ1n) is 7.38. The Morgan fingerprint density at radius 3 is 2.10 bits per heavy atom. The molecule has 0 atom stereocenters. The van der Waals surface area contributed by atoms with E-state index >= 15 is 0 Å². The molecule has 0 bridgehead atoms. The summed E-state index contributed by atoms with van der Waals surface area (Å²) in [5.41, 5.74) is 2.37. The van der Waals surface area contributed by atoms with Gasteiger partial charge >= 0.3 is 0 Å². The van der Waals surface area contributed by atoms with E-state index in [4.69, 9.17) is 0 Å². The normalized spacial score (nSPS) is 11.4. The Kier molecular flexibility index (Phi) is 4.76. The molecule has 21 heavy (non-hydrogen) atoms. The lowest BCUT2D eigenvalue weighted by atomic mass is 9.88. The van der Waals surface area contributed by atoms with Crippen molar-refractivity contribution in [3.05, 3.63) is 70.3 Å². The molecule has 2 heteroatoms. The highest BCUT2D eigenvalue weighted by atomic mass is 19.1. The van der Waals surface area contributed by atoms with Gasteiger partial charge in [0.15, 0.2) is 0 Å². The first-order chi connectivity index (χ1) is 9.91. The standard InChI is InChI=1S/C19H21F2/c1-12(2)15-11-17(20)18(13(3)4)19(21)16(15)10-14-8-6-5-7-9-14/h5-9,12-13H,10H2,1-4H3. The Morgan fingerprint density at radius 1 is 0.952 bits per heavy atom. The fraction of sp³-hybridized carbons (Fsp3) is 0.368. The third-order valence-corrected chi connectivity index (χ3v) is 3.69. The minimum atomic E-state index is -0.553. The van der Waals surface area contributed by atoms with Crippen molar-refractivity contribution in [3.8, 4) is 0 Å². The van der Waals surface area contributed by atoms with Gasteiger partial charge in [-0.3, -0.25) is 0 Å². The lowest BCUT2D eigenvalue weighted by Gasteiger charge is -2.19. The molecular formula is C19H21F2. The van der Waals surface area contributed by atoms with Crippen LogP contribution >= 0.6 is 0 Å². The molecule has 0 aliphatic rings. The zero-order chi connectivity index (χ0) is 15.6. The molecule has 2 aromatic carbocycles. The van der Waals surface area contributed by atoms with Gasteiger partial charge in [0.05, 0.1) is 0 Å². The Morgan fingerprint density at radius 2 is 1.57 bits per heavy atom. The monoisotopic (exact) mass is 287 g/mol. The van der Waals surface area contributed by atoms with E-state index in [1.54, 1.807) is 13.8 Å². The molecule has 1 radical (unpaired) electrons. The van der Waals surface area contributed by atoms with Crippen LogP contribution < -0.4 is 0 Å². The first-order valence-corrected chi connectivity index (χ1v) is 7.38. The molecule has 0 spiro atoms. The third kappa shape index (κ3) is 3.31. The average Bonchev–Trinajstić information content (AvgIpc) is 2.42. The van der Waals surface area contributed by atoms with Gasteiger partial charge in [0, 0.05) is 18.1 Å². The smallest absolute Gasteiger partial charge is 0.137 e. The van der Waals surface area contributed by atoms with E-state index in [9.17, 15) is 8.78 Å². The van der Waals surface area contributed by atoms with Crippen LogP contribution in [0.5, 0.6) is 0 Å². The van der Waals surface area contributed by atoms with Crippen molar-refractivity contribution in [1.82, 2.24) is 0 Å². The molecule has 0 nitrogen and oxygen atoms in total. The van der Waals surface area contributed by atoms with E-state index in [2.05, 4.69) is 6.07 Å². The molecule has 0 fully saturated rings. The molecule has 0 aliphatic carbocycles. The van der Waals surface area contributed by atoms with Crippen molar-refractivity contribution in [1.29, 1.82) is 0 Å². The highest BCUT2D eigenvalue weighted by Crippen LogP contribution is 2.31. The van der Waals surface area contributed by atoms with Crippen molar-refractivity contribution in [2.45, 2.75) is 46.0 Å². The summed E-state index contributed by atoms with van der Waals surface area (Å²) in [6, 6.07) is 12.5. The maximum absolute atomic E-state index is 14.8. The van der Waals surface area contributed by atoms with Gasteiger partial charge in [0.25, 0.3) is 0 Å². The molecule has 0 N–H and O–H groups in total. The quantitative estimate of drug-likeness (QED) is 0.686. The van der Waals surface area contributed by atoms with E-state index in [-0.39, 0.29) is 17.4 Å². The topological polar surface area (TPSA) is 0 Å². The summed E-state index contributed by atoms with van der Waals surface area (Å²) >= 11 is 0. The minimum Gasteiger partial charge on any atom is -0.206 e. The predicted octanol–water partition coefficient (Wildman–Crippen LogP) is 5.60. The maximum atomic E-state index is 14.8. The number of hydrogen-bond donors (Lipinski definition) is 0. The average molecular weight is 287 g/mol. The van der Waals surface area contributed by atoms with Crippen molar-refractivity contribution in [3.63, 3.8) is 0 Å². The van der Waals surface area contributed by atoms with Gasteiger partial charge in [0.1, 0.15) is 11.6 Å². The molecule has 2 aromatic rings. The second-order valence-electron chi connectivity index (χ2n) is 6.03. The summed E-state index contributed by atoms with van der Waals surface area (Å²) in [4.78, 5) is 0. The Labute approximate surface area is 125 Å². The maximum Gasteiger partial charge on any atom is 0.137 e. The number of rotatable bonds is 4. The second-order valence-corrected chi connectivity index (χ2v) is 6.03. The zero-order valence-corrected chi connectivity index (χ0v) is 13.0. The van der Waals surface area contributed by atoms with Gasteiger partial charge in [-0.15, -0.1) is 0 Å². The molecule has 0 saturated heterocycles. The summed E-state index contributed by atoms with van der Waals surface area (Å²) in [6.07, 6.45) is 0.469. The van der Waals surface area contributed by atoms with Crippen molar-refractivity contribution >= 4 is 0 Å². The number of halogens is 2. The fourth-order valence-electron chi connectivity index (χ4n) is 2.61. The molecule has 0 aromatic heterocycles. The fourth-order valence-corrected chi connectivity index (χ4v) is 2.61. The molecular weight excluding hydrogens is 266 g/mol. The molecule has 2 rings (SSSR count). The SMILES string of the molecule is CC(C)c1[c]c(F)c(C(C)C)c(F)c1Cc1ccccc1. The second kappa shape index (κ2) is 6.38. The van der Waals surface area contributed by atoms with Crippen molar-refractivity contribution < 1.29 is 8.78 Å². The van der Waals surface area contributed by atoms with Gasteiger partial charge < -0.3 is 0 Å². The van der Waals surface area contributed by atoms with E-state index in [1.165, 1.54) is 0 Å². The molecule has 0 saturated carbocycles. The Hall–Kier alpha value is -1.70. The largest absolute Gasteiger partial charge is 0.206 e. The van der Waals surface area contributed by atoms with E-state index < -0.39 is 11.6 Å². The molecule has 0 amide bonds. The highest BCUT2D eigenvalue weighted by Gasteiger charge is 2.22. The number of benzene rings is 2. The van der Waals surface area contributed by atoms with Crippen LogP contribution in [0.2, 0.25) is 0 Å². The summed E-state index contributed by atoms with van der Waals surface area (Å²) in [5, 5.41) is 0. The van der Waals surface area contributed by atoms with Gasteiger partial charge in [-0.2, -0.15) is 0 Å². The summed E-state index contributed by atoms with van der Waals surface area (Å²) in [7, 11) is 0. The summed E-state index contributed by atoms with van der Waals surface area (Å²) in [5.74, 6) is -1.12. The molecule has 0 aliphatic heterocycles. The first kappa shape index (κ1) is 15.7. The Balaban J connectivity index is 2.58. The van der Waals surface area contributed by atoms with Crippen LogP contribution in [-0.2, 0) is 6.42 Å². The molecule has 0 heterocycles. The Bertz CT molecular complexity index is 613. The van der Waals surface area contributed by atoms with Crippen LogP contribution in [0.4, 0.5) is 8.78 Å².